The maximum atomic E-state index is 10.4. The molecule has 0 aliphatic carbocycles. The van der Waals surface area contributed by atoms with Crippen LogP contribution >= 0.6 is 0 Å². The third-order valence-electron chi connectivity index (χ3n) is 2.15. The fraction of sp³-hybridized carbons (Fsp3) is 0.500. The first-order chi connectivity index (χ1) is 6.70. The molecule has 0 amide bonds. The Balaban J connectivity index is 2.07. The molecule has 0 saturated carbocycles. The Bertz CT molecular complexity index is 292. The minimum atomic E-state index is -0.713. The number of rotatable bonds is 2. The summed E-state index contributed by atoms with van der Waals surface area (Å²) in [7, 11) is 0. The highest BCUT2D eigenvalue weighted by Crippen LogP contribution is 2.26. The molecule has 2 N–H and O–H groups in total. The Labute approximate surface area is 79.6 Å². The zero-order chi connectivity index (χ0) is 10.1. The van der Waals surface area contributed by atoms with Gasteiger partial charge in [-0.1, -0.05) is 0 Å². The normalized spacial score (nSPS) is 31.8. The van der Waals surface area contributed by atoms with Gasteiger partial charge in [-0.25, -0.2) is 4.79 Å². The van der Waals surface area contributed by atoms with E-state index in [0.717, 1.165) is 0 Å². The van der Waals surface area contributed by atoms with E-state index in [2.05, 4.69) is 9.47 Å². The molecule has 0 bridgehead atoms. The monoisotopic (exact) mass is 199 g/mol. The molecule has 0 aromatic rings. The van der Waals surface area contributed by atoms with Gasteiger partial charge in [-0.2, -0.15) is 0 Å². The maximum Gasteiger partial charge on any atom is 0.514 e. The first kappa shape index (κ1) is 9.01. The Morgan fingerprint density at radius 2 is 2.21 bits per heavy atom. The van der Waals surface area contributed by atoms with E-state index in [1.54, 1.807) is 0 Å². The van der Waals surface area contributed by atoms with Crippen molar-refractivity contribution in [1.29, 1.82) is 0 Å². The van der Waals surface area contributed by atoms with Crippen LogP contribution in [0.15, 0.2) is 11.8 Å². The molecule has 14 heavy (non-hydrogen) atoms. The molecular weight excluding hydrogens is 190 g/mol. The third kappa shape index (κ3) is 1.44. The summed E-state index contributed by atoms with van der Waals surface area (Å²) in [5.74, 6) is -0.120. The van der Waals surface area contributed by atoms with Gasteiger partial charge in [0, 0.05) is 0 Å². The van der Waals surface area contributed by atoms with Gasteiger partial charge in [0.2, 0.25) is 0 Å². The first-order valence-corrected chi connectivity index (χ1v) is 4.13. The van der Waals surface area contributed by atoms with E-state index in [9.17, 15) is 9.59 Å². The van der Waals surface area contributed by atoms with E-state index < -0.39 is 12.4 Å². The summed E-state index contributed by atoms with van der Waals surface area (Å²) in [6.07, 6.45) is 0.698. The number of nitrogens with two attached hydrogens (primary N) is 1. The lowest BCUT2D eigenvalue weighted by atomic mass is 9.97. The van der Waals surface area contributed by atoms with Crippen molar-refractivity contribution in [2.75, 3.05) is 6.61 Å². The molecule has 0 aromatic heterocycles. The number of cyclic esters (lactones) is 2. The second-order valence-corrected chi connectivity index (χ2v) is 3.09. The first-order valence-electron chi connectivity index (χ1n) is 4.13. The predicted octanol–water partition coefficient (Wildman–Crippen LogP) is -0.464. The van der Waals surface area contributed by atoms with Gasteiger partial charge in [0.15, 0.2) is 12.0 Å². The summed E-state index contributed by atoms with van der Waals surface area (Å²) in [4.78, 5) is 20.8. The van der Waals surface area contributed by atoms with Crippen molar-refractivity contribution in [3.8, 4) is 0 Å². The van der Waals surface area contributed by atoms with Crippen molar-refractivity contribution in [2.24, 2.45) is 11.7 Å². The average molecular weight is 199 g/mol. The third-order valence-corrected chi connectivity index (χ3v) is 2.15. The largest absolute Gasteiger partial charge is 0.514 e. The highest BCUT2D eigenvalue weighted by Gasteiger charge is 2.41. The molecular formula is C8H9NO5. The SMILES string of the molecule is N[C@H]1COC(C=O)=C[C@@H]1C1OC(=O)O1. The van der Waals surface area contributed by atoms with Gasteiger partial charge < -0.3 is 19.9 Å². The van der Waals surface area contributed by atoms with Gasteiger partial charge >= 0.3 is 6.16 Å². The molecule has 76 valence electrons. The molecule has 2 rings (SSSR count). The minimum absolute atomic E-state index is 0.197. The molecule has 2 aliphatic rings. The summed E-state index contributed by atoms with van der Waals surface area (Å²) in [6, 6.07) is -0.336. The summed E-state index contributed by atoms with van der Waals surface area (Å²) in [5, 5.41) is 0. The van der Waals surface area contributed by atoms with Crippen molar-refractivity contribution < 1.29 is 23.8 Å². The lowest BCUT2D eigenvalue weighted by molar-refractivity contribution is -0.206. The Kier molecular flexibility index (Phi) is 2.12. The van der Waals surface area contributed by atoms with Crippen LogP contribution in [0.1, 0.15) is 0 Å². The predicted molar refractivity (Wildman–Crippen MR) is 42.9 cm³/mol. The molecule has 2 atom stereocenters. The molecule has 2 aliphatic heterocycles. The van der Waals surface area contributed by atoms with Crippen molar-refractivity contribution in [3.63, 3.8) is 0 Å². The van der Waals surface area contributed by atoms with E-state index in [4.69, 9.17) is 10.5 Å². The van der Waals surface area contributed by atoms with Crippen molar-refractivity contribution in [1.82, 2.24) is 0 Å². The number of aldehydes is 1. The Hall–Kier alpha value is -1.56. The molecule has 6 heteroatoms. The zero-order valence-corrected chi connectivity index (χ0v) is 7.21. The van der Waals surface area contributed by atoms with Gasteiger partial charge in [-0.3, -0.25) is 4.79 Å². The highest BCUT2D eigenvalue weighted by molar-refractivity contribution is 5.70. The molecule has 0 spiro atoms. The van der Waals surface area contributed by atoms with Crippen molar-refractivity contribution in [3.05, 3.63) is 11.8 Å². The second kappa shape index (κ2) is 3.30. The quantitative estimate of drug-likeness (QED) is 0.478. The van der Waals surface area contributed by atoms with Gasteiger partial charge in [-0.05, 0) is 6.08 Å². The van der Waals surface area contributed by atoms with Crippen LogP contribution in [0.5, 0.6) is 0 Å². The number of allylic oxidation sites excluding steroid dienone is 1. The average Bonchev–Trinajstić information content (AvgIpc) is 2.14. The summed E-state index contributed by atoms with van der Waals surface area (Å²) < 4.78 is 14.4. The molecule has 1 fully saturated rings. The lowest BCUT2D eigenvalue weighted by Gasteiger charge is -2.35. The van der Waals surface area contributed by atoms with Crippen LogP contribution in [0.3, 0.4) is 0 Å². The van der Waals surface area contributed by atoms with Gasteiger partial charge in [-0.15, -0.1) is 0 Å². The van der Waals surface area contributed by atoms with Crippen LogP contribution in [0.4, 0.5) is 4.79 Å². The number of ether oxygens (including phenoxy) is 3. The van der Waals surface area contributed by atoms with E-state index in [1.807, 2.05) is 0 Å². The molecule has 1 saturated heterocycles. The molecule has 0 radical (unpaired) electrons. The van der Waals surface area contributed by atoms with Crippen molar-refractivity contribution in [2.45, 2.75) is 12.3 Å². The molecule has 0 aromatic carbocycles. The second-order valence-electron chi connectivity index (χ2n) is 3.09. The number of carbonyl (C=O) groups is 2. The fourth-order valence-corrected chi connectivity index (χ4v) is 1.37. The minimum Gasteiger partial charge on any atom is -0.489 e. The van der Waals surface area contributed by atoms with Gasteiger partial charge in [0.1, 0.15) is 6.61 Å². The molecule has 6 nitrogen and oxygen atoms in total. The van der Waals surface area contributed by atoms with Gasteiger partial charge in [0.25, 0.3) is 6.29 Å². The van der Waals surface area contributed by atoms with Crippen molar-refractivity contribution >= 4 is 12.4 Å². The van der Waals surface area contributed by atoms with Gasteiger partial charge in [0.05, 0.1) is 12.0 Å². The topological polar surface area (TPSA) is 87.9 Å². The smallest absolute Gasteiger partial charge is 0.489 e. The van der Waals surface area contributed by atoms with Crippen LogP contribution in [-0.2, 0) is 19.0 Å². The van der Waals surface area contributed by atoms with Crippen LogP contribution in [0.2, 0.25) is 0 Å². The maximum absolute atomic E-state index is 10.4. The lowest BCUT2D eigenvalue weighted by Crippen LogP contribution is -2.50. The summed E-state index contributed by atoms with van der Waals surface area (Å²) >= 11 is 0. The van der Waals surface area contributed by atoms with E-state index >= 15 is 0 Å². The number of hydrogen-bond acceptors (Lipinski definition) is 6. The highest BCUT2D eigenvalue weighted by atomic mass is 16.9. The van der Waals surface area contributed by atoms with Crippen LogP contribution < -0.4 is 5.73 Å². The fourth-order valence-electron chi connectivity index (χ4n) is 1.37. The summed E-state index contributed by atoms with van der Waals surface area (Å²) in [6.45, 7) is 0.215. The Morgan fingerprint density at radius 3 is 2.79 bits per heavy atom. The number of carbonyl (C=O) groups excluding carboxylic acids is 2. The zero-order valence-electron chi connectivity index (χ0n) is 7.21. The number of hydrogen-bond donors (Lipinski definition) is 1. The van der Waals surface area contributed by atoms with Crippen LogP contribution in [0, 0.1) is 5.92 Å². The molecule has 0 unspecified atom stereocenters. The van der Waals surface area contributed by atoms with Crippen LogP contribution in [-0.4, -0.2) is 31.4 Å². The summed E-state index contributed by atoms with van der Waals surface area (Å²) in [5.41, 5.74) is 5.69. The van der Waals surface area contributed by atoms with E-state index in [-0.39, 0.29) is 24.3 Å². The van der Waals surface area contributed by atoms with E-state index in [1.165, 1.54) is 6.08 Å². The van der Waals surface area contributed by atoms with Crippen LogP contribution in [0.25, 0.3) is 0 Å². The standard InChI is InChI=1S/C8H9NO5/c9-6-3-12-4(2-10)1-5(6)7-13-8(11)14-7/h1-2,5-7H,3,9H2/t5-,6-/m0/s1. The van der Waals surface area contributed by atoms with E-state index in [0.29, 0.717) is 6.29 Å². The Morgan fingerprint density at radius 1 is 1.50 bits per heavy atom. The molecule has 2 heterocycles.